The van der Waals surface area contributed by atoms with Crippen LogP contribution >= 0.6 is 0 Å². The van der Waals surface area contributed by atoms with Gasteiger partial charge in [0.1, 0.15) is 25.3 Å². The van der Waals surface area contributed by atoms with E-state index < -0.39 is 24.2 Å². The Morgan fingerprint density at radius 1 is 0.806 bits per heavy atom. The number of benzene rings is 2. The normalized spacial score (nSPS) is 19.4. The fourth-order valence-electron chi connectivity index (χ4n) is 9.68. The molecular weight excluding hydrogens is 853 g/mol. The smallest absolute Gasteiger partial charge is 0.246 e. The van der Waals surface area contributed by atoms with E-state index >= 15 is 0 Å². The molecule has 8 rings (SSSR count). The first-order valence-electron chi connectivity index (χ1n) is 23.9. The quantitative estimate of drug-likeness (QED) is 0.0610. The number of rotatable bonds is 21. The van der Waals surface area contributed by atoms with Gasteiger partial charge in [0.2, 0.25) is 29.5 Å². The number of ether oxygens (including phenoxy) is 4. The predicted molar refractivity (Wildman–Crippen MR) is 254 cm³/mol. The van der Waals surface area contributed by atoms with Gasteiger partial charge in [0.15, 0.2) is 0 Å². The monoisotopic (exact) mass is 916 g/mol. The van der Waals surface area contributed by atoms with Crippen molar-refractivity contribution < 1.29 is 38.1 Å². The van der Waals surface area contributed by atoms with E-state index in [0.717, 1.165) is 89.9 Å². The number of H-pyrrole nitrogens is 1. The third-order valence-corrected chi connectivity index (χ3v) is 13.4. The zero-order valence-corrected chi connectivity index (χ0v) is 38.6. The second kappa shape index (κ2) is 23.2. The Bertz CT molecular complexity index is 2460. The summed E-state index contributed by atoms with van der Waals surface area (Å²) in [7, 11) is 1.70. The predicted octanol–water partition coefficient (Wildman–Crippen LogP) is 5.16. The number of nitrogens with one attached hydrogen (secondary N) is 5. The summed E-state index contributed by atoms with van der Waals surface area (Å²) in [5, 5.41) is 14.5. The summed E-state index contributed by atoms with van der Waals surface area (Å²) in [6.07, 6.45) is 13.1. The Balaban J connectivity index is 0.753. The highest BCUT2D eigenvalue weighted by Gasteiger charge is 2.45. The lowest BCUT2D eigenvalue weighted by Gasteiger charge is -2.35. The van der Waals surface area contributed by atoms with Gasteiger partial charge in [-0.2, -0.15) is 0 Å². The molecule has 0 spiro atoms. The molecule has 67 heavy (non-hydrogen) atoms. The molecule has 5 atom stereocenters. The van der Waals surface area contributed by atoms with Crippen LogP contribution in [0.15, 0.2) is 79.3 Å². The first-order chi connectivity index (χ1) is 32.7. The fraction of sp³-hybridized carbons (Fsp3) is 0.490. The molecule has 2 fully saturated rings. The summed E-state index contributed by atoms with van der Waals surface area (Å²) in [4.78, 5) is 68.9. The molecule has 4 heterocycles. The third kappa shape index (κ3) is 12.2. The number of aryl methyl sites for hydroxylation is 1. The lowest BCUT2D eigenvalue weighted by Crippen LogP contribution is -2.58. The second-order valence-corrected chi connectivity index (χ2v) is 17.9. The van der Waals surface area contributed by atoms with Crippen LogP contribution in [0, 0.1) is 5.92 Å². The number of likely N-dealkylation sites (tertiary alicyclic amines) is 1. The van der Waals surface area contributed by atoms with Gasteiger partial charge in [0.25, 0.3) is 0 Å². The maximum absolute atomic E-state index is 14.6. The van der Waals surface area contributed by atoms with Crippen molar-refractivity contribution in [3.63, 3.8) is 0 Å². The molecule has 2 aliphatic carbocycles. The second-order valence-electron chi connectivity index (χ2n) is 17.9. The van der Waals surface area contributed by atoms with E-state index in [9.17, 15) is 19.2 Å². The fourth-order valence-corrected chi connectivity index (χ4v) is 9.68. The van der Waals surface area contributed by atoms with Crippen molar-refractivity contribution in [2.24, 2.45) is 5.92 Å². The Morgan fingerprint density at radius 3 is 2.37 bits per heavy atom. The van der Waals surface area contributed by atoms with Crippen molar-refractivity contribution in [2.45, 2.75) is 94.9 Å². The van der Waals surface area contributed by atoms with Crippen molar-refractivity contribution in [1.29, 1.82) is 0 Å². The molecule has 3 aliphatic rings. The molecule has 4 amide bonds. The molecule has 3 aromatic heterocycles. The molecule has 1 saturated heterocycles. The van der Waals surface area contributed by atoms with Crippen LogP contribution in [0.25, 0.3) is 32.9 Å². The summed E-state index contributed by atoms with van der Waals surface area (Å²) >= 11 is 0. The summed E-state index contributed by atoms with van der Waals surface area (Å²) in [6.45, 7) is 3.57. The molecule has 5 N–H and O–H groups in total. The number of carbonyl (C=O) groups is 4. The average Bonchev–Trinajstić information content (AvgIpc) is 3.96. The first-order valence-corrected chi connectivity index (χ1v) is 23.9. The van der Waals surface area contributed by atoms with Crippen LogP contribution in [0.1, 0.15) is 75.5 Å². The van der Waals surface area contributed by atoms with Crippen molar-refractivity contribution >= 4 is 45.4 Å². The Kier molecular flexibility index (Phi) is 16.5. The van der Waals surface area contributed by atoms with Gasteiger partial charge in [-0.05, 0) is 93.3 Å². The molecule has 2 aromatic carbocycles. The lowest BCUT2D eigenvalue weighted by atomic mass is 9.83. The van der Waals surface area contributed by atoms with Gasteiger partial charge in [0, 0.05) is 64.6 Å². The number of likely N-dealkylation sites (N-methyl/N-ethyl adjacent to an activating group) is 1. The maximum atomic E-state index is 14.6. The summed E-state index contributed by atoms with van der Waals surface area (Å²) in [5.74, 6) is -0.689. The van der Waals surface area contributed by atoms with E-state index in [-0.39, 0.29) is 68.4 Å². The first kappa shape index (κ1) is 47.5. The number of fused-ring (bicyclic) bond motifs is 4. The van der Waals surface area contributed by atoms with Crippen molar-refractivity contribution in [3.05, 3.63) is 90.4 Å². The minimum atomic E-state index is -0.819. The molecule has 16 heteroatoms. The van der Waals surface area contributed by atoms with E-state index in [1.165, 1.54) is 5.56 Å². The summed E-state index contributed by atoms with van der Waals surface area (Å²) in [5.41, 5.74) is 6.44. The molecular formula is C51H64N8O8. The van der Waals surface area contributed by atoms with Crippen LogP contribution in [-0.2, 0) is 39.8 Å². The van der Waals surface area contributed by atoms with Gasteiger partial charge in [0.05, 0.1) is 45.1 Å². The standard InChI is InChI=1S/C51H64N8O8/c1-33(52-2)49(61)58-48(35-10-4-3-5-11-35)51(63)59-31-38(28-45(59)50(62)57-42-14-8-12-34-9-6-7-13-39(34)42)55-46(60)32-66-24-23-64-21-22-65-25-26-67-47-18-16-37(29-54-47)36-15-17-40-41-30-53-20-19-43(41)56-44(40)27-36/h6-7,9,13,15-20,27,29-30,33,35,38,42,45,48,52,56H,3-5,8,10-12,14,21-26,28,31-32H2,1-2H3,(H,55,60)(H,57,62)(H,58,61)/t33-,38-,42+,45-,48-/m0/s1. The zero-order valence-electron chi connectivity index (χ0n) is 38.6. The molecule has 16 nitrogen and oxygen atoms in total. The van der Waals surface area contributed by atoms with Crippen molar-refractivity contribution in [2.75, 3.05) is 59.8 Å². The van der Waals surface area contributed by atoms with Crippen LogP contribution in [-0.4, -0.2) is 127 Å². The molecule has 356 valence electrons. The van der Waals surface area contributed by atoms with Crippen LogP contribution in [0.5, 0.6) is 5.88 Å². The van der Waals surface area contributed by atoms with Crippen LogP contribution in [0.4, 0.5) is 0 Å². The number of hydrogen-bond donors (Lipinski definition) is 5. The van der Waals surface area contributed by atoms with Crippen LogP contribution in [0.3, 0.4) is 0 Å². The number of pyridine rings is 2. The highest BCUT2D eigenvalue weighted by atomic mass is 16.6. The van der Waals surface area contributed by atoms with Gasteiger partial charge in [-0.1, -0.05) is 55.7 Å². The highest BCUT2D eigenvalue weighted by molar-refractivity contribution is 6.07. The van der Waals surface area contributed by atoms with E-state index in [0.29, 0.717) is 32.3 Å². The Morgan fingerprint density at radius 2 is 1.58 bits per heavy atom. The van der Waals surface area contributed by atoms with Gasteiger partial charge < -0.3 is 50.1 Å². The molecule has 5 aromatic rings. The number of hydrogen-bond acceptors (Lipinski definition) is 11. The Labute approximate surface area is 391 Å². The summed E-state index contributed by atoms with van der Waals surface area (Å²) < 4.78 is 22.7. The average molecular weight is 917 g/mol. The number of aromatic amines is 1. The van der Waals surface area contributed by atoms with Gasteiger partial charge in [-0.3, -0.25) is 24.2 Å². The van der Waals surface area contributed by atoms with E-state index in [2.05, 4.69) is 66.6 Å². The topological polar surface area (TPSA) is 198 Å². The number of amides is 4. The van der Waals surface area contributed by atoms with Crippen LogP contribution < -0.4 is 26.0 Å². The van der Waals surface area contributed by atoms with Gasteiger partial charge in [-0.15, -0.1) is 0 Å². The van der Waals surface area contributed by atoms with E-state index in [4.69, 9.17) is 18.9 Å². The molecule has 0 unspecified atom stereocenters. The lowest BCUT2D eigenvalue weighted by molar-refractivity contribution is -0.143. The van der Waals surface area contributed by atoms with E-state index in [1.54, 1.807) is 31.3 Å². The summed E-state index contributed by atoms with van der Waals surface area (Å²) in [6, 6.07) is 17.5. The minimum absolute atomic E-state index is 0.0429. The van der Waals surface area contributed by atoms with E-state index in [1.807, 2.05) is 36.5 Å². The third-order valence-electron chi connectivity index (χ3n) is 13.4. The number of carbonyl (C=O) groups excluding carboxylic acids is 4. The van der Waals surface area contributed by atoms with Crippen molar-refractivity contribution in [1.82, 2.24) is 41.1 Å². The van der Waals surface area contributed by atoms with Crippen molar-refractivity contribution in [3.8, 4) is 17.0 Å². The SMILES string of the molecule is CN[C@@H](C)C(=O)N[C@H](C(=O)N1C[C@@H](NC(=O)COCCOCCOCCOc2ccc(-c3ccc4c(c3)[nH]c3ccncc34)cn2)C[C@H]1C(=O)N[C@@H]1CCCc2ccccc21)C1CCCCC1. The maximum Gasteiger partial charge on any atom is 0.246 e. The van der Waals surface area contributed by atoms with Gasteiger partial charge in [-0.25, -0.2) is 4.98 Å². The molecule has 0 bridgehead atoms. The van der Waals surface area contributed by atoms with Crippen LogP contribution in [0.2, 0.25) is 0 Å². The zero-order chi connectivity index (χ0) is 46.5. The number of nitrogens with zero attached hydrogens (tertiary/aromatic N) is 3. The van der Waals surface area contributed by atoms with Gasteiger partial charge >= 0.3 is 0 Å². The molecule has 1 aliphatic heterocycles. The Hall–Kier alpha value is -5.94. The largest absolute Gasteiger partial charge is 0.475 e. The molecule has 1 saturated carbocycles. The highest BCUT2D eigenvalue weighted by Crippen LogP contribution is 2.33. The minimum Gasteiger partial charge on any atom is -0.475 e. The molecule has 0 radical (unpaired) electrons. The number of aromatic nitrogens is 3.